The number of amides is 1. The van der Waals surface area contributed by atoms with Crippen LogP contribution in [0.2, 0.25) is 0 Å². The second kappa shape index (κ2) is 9.54. The van der Waals surface area contributed by atoms with E-state index in [1.165, 1.54) is 24.5 Å². The Kier molecular flexibility index (Phi) is 6.37. The van der Waals surface area contributed by atoms with E-state index in [1.54, 1.807) is 16.9 Å². The average molecular weight is 528 g/mol. The molecular weight excluding hydrogens is 506 g/mol. The lowest BCUT2D eigenvalue weighted by molar-refractivity contribution is -0.165. The van der Waals surface area contributed by atoms with E-state index in [0.29, 0.717) is 23.6 Å². The van der Waals surface area contributed by atoms with Crippen LogP contribution in [0.5, 0.6) is 0 Å². The van der Waals surface area contributed by atoms with E-state index < -0.39 is 23.3 Å². The largest absolute Gasteiger partial charge is 0.401 e. The third-order valence-corrected chi connectivity index (χ3v) is 6.49. The molecule has 38 heavy (non-hydrogen) atoms. The van der Waals surface area contributed by atoms with Crippen LogP contribution in [-0.2, 0) is 23.2 Å². The molecule has 4 aromatic rings. The highest BCUT2D eigenvalue weighted by molar-refractivity contribution is 5.91. The third kappa shape index (κ3) is 4.83. The lowest BCUT2D eigenvalue weighted by Gasteiger charge is -2.14. The molecule has 3 aromatic heterocycles. The average Bonchev–Trinajstić information content (AvgIpc) is 3.47. The summed E-state index contributed by atoms with van der Waals surface area (Å²) in [6.07, 6.45) is -0.280. The topological polar surface area (TPSA) is 111 Å². The van der Waals surface area contributed by atoms with Gasteiger partial charge in [-0.1, -0.05) is 17.3 Å². The molecule has 9 nitrogen and oxygen atoms in total. The van der Waals surface area contributed by atoms with Gasteiger partial charge >= 0.3 is 6.18 Å². The number of carbonyl (C=O) groups is 1. The molecule has 2 N–H and O–H groups in total. The van der Waals surface area contributed by atoms with Crippen molar-refractivity contribution in [2.24, 2.45) is 0 Å². The van der Waals surface area contributed by atoms with Crippen molar-refractivity contribution in [3.05, 3.63) is 72.6 Å². The van der Waals surface area contributed by atoms with Gasteiger partial charge in [0, 0.05) is 30.6 Å². The van der Waals surface area contributed by atoms with Gasteiger partial charge in [-0.3, -0.25) is 9.48 Å². The summed E-state index contributed by atoms with van der Waals surface area (Å²) >= 11 is 0. The maximum Gasteiger partial charge on any atom is 0.401 e. The Morgan fingerprint density at radius 1 is 1.16 bits per heavy atom. The maximum absolute atomic E-state index is 14.8. The summed E-state index contributed by atoms with van der Waals surface area (Å²) in [5, 5.41) is 13.1. The van der Waals surface area contributed by atoms with Gasteiger partial charge in [0.15, 0.2) is 11.6 Å². The van der Waals surface area contributed by atoms with Crippen molar-refractivity contribution in [1.29, 1.82) is 0 Å². The van der Waals surface area contributed by atoms with Crippen LogP contribution in [0.25, 0.3) is 11.1 Å². The SMILES string of the molecule is [CH2]Cn1ncc(Nc2ncc(-c3ccc(CC(=O)Nc4cc(C5(C(F)(F)F)CC5)on4)c(F)c3)cn2)c1C. The number of benzene rings is 1. The van der Waals surface area contributed by atoms with Crippen LogP contribution in [0, 0.1) is 19.7 Å². The van der Waals surface area contributed by atoms with E-state index in [2.05, 4.69) is 37.8 Å². The van der Waals surface area contributed by atoms with Crippen molar-refractivity contribution in [3.8, 4) is 11.1 Å². The van der Waals surface area contributed by atoms with Gasteiger partial charge < -0.3 is 15.2 Å². The number of carbonyl (C=O) groups excluding carboxylic acids is 1. The molecule has 0 spiro atoms. The first kappa shape index (κ1) is 25.4. The van der Waals surface area contributed by atoms with Gasteiger partial charge in [-0.25, -0.2) is 14.4 Å². The zero-order chi connectivity index (χ0) is 27.1. The fourth-order valence-electron chi connectivity index (χ4n) is 4.04. The molecule has 0 bridgehead atoms. The van der Waals surface area contributed by atoms with Crippen LogP contribution in [0.15, 0.2) is 47.4 Å². The van der Waals surface area contributed by atoms with E-state index in [4.69, 9.17) is 4.52 Å². The van der Waals surface area contributed by atoms with Gasteiger partial charge in [-0.15, -0.1) is 0 Å². The number of nitrogens with one attached hydrogen (secondary N) is 2. The molecule has 5 rings (SSSR count). The molecule has 197 valence electrons. The fourth-order valence-corrected chi connectivity index (χ4v) is 4.04. The molecule has 0 unspecified atom stereocenters. The van der Waals surface area contributed by atoms with Gasteiger partial charge in [-0.2, -0.15) is 18.3 Å². The highest BCUT2D eigenvalue weighted by Crippen LogP contribution is 2.59. The number of aromatic nitrogens is 5. The standard InChI is InChI=1S/C25H22F4N7O2/c1-3-36-14(2)19(13-32-36)33-23-30-11-17(12-31-23)15-4-5-16(18(26)8-15)9-22(37)34-21-10-20(38-35-21)24(6-7-24)25(27,28)29/h4-5,8,10-13H,1,3,6-7,9H2,2H3,(H,30,31,33)(H,34,35,37). The Bertz CT molecular complexity index is 1470. The smallest absolute Gasteiger partial charge is 0.358 e. The third-order valence-electron chi connectivity index (χ3n) is 6.49. The first-order chi connectivity index (χ1) is 18.1. The summed E-state index contributed by atoms with van der Waals surface area (Å²) in [7, 11) is 0. The second-order valence-electron chi connectivity index (χ2n) is 8.97. The Morgan fingerprint density at radius 2 is 1.89 bits per heavy atom. The number of alkyl halides is 3. The van der Waals surface area contributed by atoms with Crippen LogP contribution < -0.4 is 10.6 Å². The number of nitrogens with zero attached hydrogens (tertiary/aromatic N) is 5. The monoisotopic (exact) mass is 528 g/mol. The minimum Gasteiger partial charge on any atom is -0.358 e. The van der Waals surface area contributed by atoms with Crippen LogP contribution in [0.3, 0.4) is 0 Å². The first-order valence-corrected chi connectivity index (χ1v) is 11.6. The normalized spacial score (nSPS) is 14.4. The summed E-state index contributed by atoms with van der Waals surface area (Å²) in [5.41, 5.74) is 0.737. The molecule has 1 aromatic carbocycles. The quantitative estimate of drug-likeness (QED) is 0.305. The lowest BCUT2D eigenvalue weighted by atomic mass is 10.0. The Morgan fingerprint density at radius 3 is 2.50 bits per heavy atom. The minimum atomic E-state index is -4.46. The van der Waals surface area contributed by atoms with Crippen LogP contribution in [0.4, 0.5) is 35.0 Å². The van der Waals surface area contributed by atoms with Gasteiger partial charge in [-0.05, 0) is 43.9 Å². The lowest BCUT2D eigenvalue weighted by Crippen LogP contribution is -2.28. The summed E-state index contributed by atoms with van der Waals surface area (Å²) in [4.78, 5) is 20.9. The van der Waals surface area contributed by atoms with E-state index in [1.807, 2.05) is 6.92 Å². The van der Waals surface area contributed by atoms with Gasteiger partial charge in [0.25, 0.3) is 0 Å². The highest BCUT2D eigenvalue weighted by Gasteiger charge is 2.66. The van der Waals surface area contributed by atoms with E-state index in [9.17, 15) is 22.4 Å². The number of halogens is 4. The molecule has 3 heterocycles. The molecule has 1 amide bonds. The fraction of sp³-hybridized carbons (Fsp3) is 0.280. The van der Waals surface area contributed by atoms with Crippen LogP contribution in [0.1, 0.15) is 29.9 Å². The van der Waals surface area contributed by atoms with Crippen molar-refractivity contribution < 1.29 is 26.9 Å². The molecule has 13 heteroatoms. The van der Waals surface area contributed by atoms with Gasteiger partial charge in [0.05, 0.1) is 24.0 Å². The molecule has 1 radical (unpaired) electrons. The number of hydrogen-bond acceptors (Lipinski definition) is 7. The zero-order valence-electron chi connectivity index (χ0n) is 20.1. The van der Waals surface area contributed by atoms with E-state index in [0.717, 1.165) is 17.4 Å². The molecule has 0 aliphatic heterocycles. The summed E-state index contributed by atoms with van der Waals surface area (Å²) in [5.74, 6) is -1.44. The molecule has 1 aliphatic carbocycles. The Balaban J connectivity index is 1.21. The van der Waals surface area contributed by atoms with Gasteiger partial charge in [0.1, 0.15) is 11.2 Å². The second-order valence-corrected chi connectivity index (χ2v) is 8.97. The molecule has 0 saturated heterocycles. The molecule has 0 atom stereocenters. The zero-order valence-corrected chi connectivity index (χ0v) is 20.1. The highest BCUT2D eigenvalue weighted by atomic mass is 19.4. The molecule has 1 aliphatic rings. The molecular formula is C25H22F4N7O2. The Labute approximate surface area is 214 Å². The summed E-state index contributed by atoms with van der Waals surface area (Å²) < 4.78 is 61.1. The predicted octanol–water partition coefficient (Wildman–Crippen LogP) is 5.13. The first-order valence-electron chi connectivity index (χ1n) is 11.6. The number of hydrogen-bond donors (Lipinski definition) is 2. The van der Waals surface area contributed by atoms with E-state index in [-0.39, 0.29) is 36.4 Å². The number of anilines is 3. The predicted molar refractivity (Wildman–Crippen MR) is 129 cm³/mol. The van der Waals surface area contributed by atoms with Crippen LogP contribution >= 0.6 is 0 Å². The van der Waals surface area contributed by atoms with Crippen molar-refractivity contribution >= 4 is 23.4 Å². The number of rotatable bonds is 8. The Hall–Kier alpha value is -4.29. The van der Waals surface area contributed by atoms with Crippen molar-refractivity contribution in [2.45, 2.75) is 44.3 Å². The van der Waals surface area contributed by atoms with E-state index >= 15 is 0 Å². The molecule has 1 fully saturated rings. The van der Waals surface area contributed by atoms with Crippen molar-refractivity contribution in [3.63, 3.8) is 0 Å². The summed E-state index contributed by atoms with van der Waals surface area (Å²) in [6.45, 7) is 6.17. The van der Waals surface area contributed by atoms with Crippen molar-refractivity contribution in [2.75, 3.05) is 10.6 Å². The molecule has 1 saturated carbocycles. The summed E-state index contributed by atoms with van der Waals surface area (Å²) in [6, 6.07) is 5.38. The maximum atomic E-state index is 14.8. The van der Waals surface area contributed by atoms with Crippen molar-refractivity contribution in [1.82, 2.24) is 24.9 Å². The minimum absolute atomic E-state index is 0.0941. The van der Waals surface area contributed by atoms with Gasteiger partial charge in [0.2, 0.25) is 11.9 Å². The van der Waals surface area contributed by atoms with Crippen LogP contribution in [-0.4, -0.2) is 37.0 Å².